The Morgan fingerprint density at radius 3 is 2.59 bits per heavy atom. The van der Waals surface area contributed by atoms with Crippen molar-refractivity contribution < 1.29 is 23.7 Å². The minimum atomic E-state index is -0.638. The van der Waals surface area contributed by atoms with E-state index >= 15 is 0 Å². The minimum absolute atomic E-state index is 0.00120. The lowest BCUT2D eigenvalue weighted by Crippen LogP contribution is -2.15. The number of amides is 1. The van der Waals surface area contributed by atoms with Crippen LogP contribution >= 0.6 is 11.3 Å². The van der Waals surface area contributed by atoms with Gasteiger partial charge in [-0.25, -0.2) is 9.78 Å². The number of anilines is 2. The normalized spacial score (nSPS) is 10.8. The summed E-state index contributed by atoms with van der Waals surface area (Å²) in [6.07, 6.45) is 0. The van der Waals surface area contributed by atoms with Gasteiger partial charge < -0.3 is 14.1 Å². The van der Waals surface area contributed by atoms with Gasteiger partial charge in [0.2, 0.25) is 5.88 Å². The van der Waals surface area contributed by atoms with E-state index in [1.54, 1.807) is 25.9 Å². The number of hydrogen-bond donors (Lipinski definition) is 1. The summed E-state index contributed by atoms with van der Waals surface area (Å²) in [4.78, 5) is 42.7. The molecule has 0 fully saturated rings. The molecule has 2 aromatic heterocycles. The van der Waals surface area contributed by atoms with Gasteiger partial charge in [-0.2, -0.15) is 0 Å². The molecule has 4 aromatic rings. The van der Waals surface area contributed by atoms with Crippen molar-refractivity contribution in [1.29, 1.82) is 0 Å². The van der Waals surface area contributed by atoms with Gasteiger partial charge in [0.05, 0.1) is 27.8 Å². The largest absolute Gasteiger partial charge is 0.465 e. The maximum absolute atomic E-state index is 13.0. The molecular formula is C23H20N4O6S. The summed E-state index contributed by atoms with van der Waals surface area (Å²) >= 11 is 1.33. The Morgan fingerprint density at radius 1 is 1.21 bits per heavy atom. The topological polar surface area (TPSA) is 128 Å². The number of para-hydroxylation sites is 1. The summed E-state index contributed by atoms with van der Waals surface area (Å²) in [5.41, 5.74) is 1.36. The molecule has 0 atom stereocenters. The number of esters is 1. The number of nitrogens with one attached hydrogen (secondary N) is 1. The van der Waals surface area contributed by atoms with Gasteiger partial charge in [0, 0.05) is 25.7 Å². The van der Waals surface area contributed by atoms with E-state index in [9.17, 15) is 19.7 Å². The number of benzene rings is 2. The summed E-state index contributed by atoms with van der Waals surface area (Å²) in [7, 11) is 4.60. The van der Waals surface area contributed by atoms with Crippen LogP contribution < -0.4 is 10.2 Å². The number of thiazole rings is 1. The highest BCUT2D eigenvalue weighted by atomic mass is 32.1. The van der Waals surface area contributed by atoms with Gasteiger partial charge in [0.15, 0.2) is 0 Å². The number of fused-ring (bicyclic) bond motifs is 1. The van der Waals surface area contributed by atoms with Gasteiger partial charge in [-0.15, -0.1) is 11.3 Å². The molecule has 2 heterocycles. The van der Waals surface area contributed by atoms with Gasteiger partial charge in [-0.3, -0.25) is 20.2 Å². The number of rotatable bonds is 6. The first kappa shape index (κ1) is 22.9. The number of hydrogen-bond acceptors (Lipinski definition) is 9. The van der Waals surface area contributed by atoms with Crippen LogP contribution in [-0.2, 0) is 4.74 Å². The summed E-state index contributed by atoms with van der Waals surface area (Å²) in [6, 6.07) is 11.6. The zero-order valence-electron chi connectivity index (χ0n) is 18.7. The summed E-state index contributed by atoms with van der Waals surface area (Å²) in [6.45, 7) is 1.58. The Bertz CT molecular complexity index is 1410. The molecule has 0 saturated carbocycles. The molecule has 0 saturated heterocycles. The van der Waals surface area contributed by atoms with E-state index < -0.39 is 16.8 Å². The van der Waals surface area contributed by atoms with Gasteiger partial charge in [0.1, 0.15) is 22.0 Å². The zero-order valence-corrected chi connectivity index (χ0v) is 19.6. The number of methoxy groups -OCH3 is 1. The smallest absolute Gasteiger partial charge is 0.342 e. The highest BCUT2D eigenvalue weighted by Crippen LogP contribution is 2.41. The molecule has 0 aliphatic heterocycles. The predicted octanol–water partition coefficient (Wildman–Crippen LogP) is 4.88. The molecule has 0 radical (unpaired) electrons. The van der Waals surface area contributed by atoms with Crippen molar-refractivity contribution >= 4 is 50.7 Å². The molecule has 174 valence electrons. The van der Waals surface area contributed by atoms with Crippen LogP contribution in [0.3, 0.4) is 0 Å². The quantitative estimate of drug-likeness (QED) is 0.235. The summed E-state index contributed by atoms with van der Waals surface area (Å²) < 4.78 is 11.6. The molecule has 0 bridgehead atoms. The first-order valence-corrected chi connectivity index (χ1v) is 10.9. The second kappa shape index (κ2) is 8.94. The second-order valence-corrected chi connectivity index (χ2v) is 8.56. The summed E-state index contributed by atoms with van der Waals surface area (Å²) in [5, 5.41) is 14.6. The number of ether oxygens (including phenoxy) is 1. The monoisotopic (exact) mass is 480 g/mol. The van der Waals surface area contributed by atoms with Crippen LogP contribution in [0.15, 0.2) is 46.9 Å². The van der Waals surface area contributed by atoms with E-state index in [2.05, 4.69) is 10.3 Å². The number of aromatic nitrogens is 1. The van der Waals surface area contributed by atoms with E-state index in [0.717, 1.165) is 10.2 Å². The molecule has 10 nitrogen and oxygen atoms in total. The fraction of sp³-hybridized carbons (Fsp3) is 0.174. The average Bonchev–Trinajstić information content (AvgIpc) is 3.38. The van der Waals surface area contributed by atoms with Crippen LogP contribution in [-0.4, -0.2) is 43.0 Å². The molecule has 1 amide bonds. The maximum atomic E-state index is 13.0. The van der Waals surface area contributed by atoms with Crippen molar-refractivity contribution in [2.75, 3.05) is 31.4 Å². The van der Waals surface area contributed by atoms with Crippen molar-refractivity contribution in [3.05, 3.63) is 69.5 Å². The molecular weight excluding hydrogens is 460 g/mol. The first-order valence-electron chi connectivity index (χ1n) is 10.1. The van der Waals surface area contributed by atoms with E-state index in [4.69, 9.17) is 9.15 Å². The Kier molecular flexibility index (Phi) is 6.03. The third-order valence-corrected chi connectivity index (χ3v) is 6.18. The van der Waals surface area contributed by atoms with Crippen molar-refractivity contribution in [3.63, 3.8) is 0 Å². The number of aryl methyl sites for hydroxylation is 1. The molecule has 34 heavy (non-hydrogen) atoms. The average molecular weight is 481 g/mol. The van der Waals surface area contributed by atoms with Crippen LogP contribution in [0.1, 0.15) is 26.5 Å². The SMILES string of the molecule is COC(=O)c1c(C)oc(NC(=O)c2ccc(N(C)C)c([N+](=O)[O-])c2)c1-c1nc2ccccc2s1. The van der Waals surface area contributed by atoms with E-state index in [-0.39, 0.29) is 28.5 Å². The Balaban J connectivity index is 1.79. The predicted molar refractivity (Wildman–Crippen MR) is 129 cm³/mol. The number of furan rings is 1. The number of nitro groups is 1. The molecule has 0 spiro atoms. The van der Waals surface area contributed by atoms with Gasteiger partial charge >= 0.3 is 5.97 Å². The Hall–Kier alpha value is -4.25. The molecule has 1 N–H and O–H groups in total. The molecule has 11 heteroatoms. The third kappa shape index (κ3) is 4.08. The van der Waals surface area contributed by atoms with E-state index in [1.807, 2.05) is 24.3 Å². The lowest BCUT2D eigenvalue weighted by molar-refractivity contribution is -0.384. The minimum Gasteiger partial charge on any atom is -0.465 e. The Morgan fingerprint density at radius 2 is 1.94 bits per heavy atom. The first-order chi connectivity index (χ1) is 16.2. The molecule has 0 unspecified atom stereocenters. The number of carbonyl (C=O) groups is 2. The van der Waals surface area contributed by atoms with Crippen LogP contribution in [0.25, 0.3) is 20.8 Å². The molecule has 0 aliphatic rings. The summed E-state index contributed by atoms with van der Waals surface area (Å²) in [5.74, 6) is -1.03. The number of nitrogens with zero attached hydrogens (tertiary/aromatic N) is 3. The number of carbonyl (C=O) groups excluding carboxylic acids is 2. The highest BCUT2D eigenvalue weighted by Gasteiger charge is 2.29. The lowest BCUT2D eigenvalue weighted by atomic mass is 10.1. The highest BCUT2D eigenvalue weighted by molar-refractivity contribution is 7.21. The van der Waals surface area contributed by atoms with Gasteiger partial charge in [0.25, 0.3) is 11.6 Å². The van der Waals surface area contributed by atoms with Crippen LogP contribution in [0, 0.1) is 17.0 Å². The van der Waals surface area contributed by atoms with Crippen molar-refractivity contribution in [2.45, 2.75) is 6.92 Å². The van der Waals surface area contributed by atoms with Crippen molar-refractivity contribution in [1.82, 2.24) is 4.98 Å². The fourth-order valence-corrected chi connectivity index (χ4v) is 4.54. The van der Waals surface area contributed by atoms with E-state index in [0.29, 0.717) is 16.3 Å². The maximum Gasteiger partial charge on any atom is 0.342 e. The number of nitro benzene ring substituents is 1. The van der Waals surface area contributed by atoms with Crippen LogP contribution in [0.5, 0.6) is 0 Å². The van der Waals surface area contributed by atoms with Crippen LogP contribution in [0.2, 0.25) is 0 Å². The molecule has 4 rings (SSSR count). The third-order valence-electron chi connectivity index (χ3n) is 5.12. The standard InChI is InChI=1S/C23H20N4O6S/c1-12-18(23(29)32-4)19(22-24-14-7-5-6-8-17(14)34-22)21(33-12)25-20(28)13-9-10-15(26(2)3)16(11-13)27(30)31/h5-11H,1-4H3,(H,25,28). The van der Waals surface area contributed by atoms with Gasteiger partial charge in [-0.1, -0.05) is 12.1 Å². The molecule has 2 aromatic carbocycles. The molecule has 0 aliphatic carbocycles. The van der Waals surface area contributed by atoms with Crippen LogP contribution in [0.4, 0.5) is 17.3 Å². The lowest BCUT2D eigenvalue weighted by Gasteiger charge is -2.13. The van der Waals surface area contributed by atoms with E-state index in [1.165, 1.54) is 36.6 Å². The van der Waals surface area contributed by atoms with Crippen molar-refractivity contribution in [2.24, 2.45) is 0 Å². The Labute approximate surface area is 197 Å². The fourth-order valence-electron chi connectivity index (χ4n) is 3.53. The second-order valence-electron chi connectivity index (χ2n) is 7.52. The zero-order chi connectivity index (χ0) is 24.6. The van der Waals surface area contributed by atoms with Gasteiger partial charge in [-0.05, 0) is 31.2 Å². The van der Waals surface area contributed by atoms with Crippen molar-refractivity contribution in [3.8, 4) is 10.6 Å².